The van der Waals surface area contributed by atoms with E-state index in [1.54, 1.807) is 29.2 Å². The number of halogens is 1. The topological polar surface area (TPSA) is 76.6 Å². The summed E-state index contributed by atoms with van der Waals surface area (Å²) in [6.07, 6.45) is 2.51. The van der Waals surface area contributed by atoms with E-state index in [1.165, 1.54) is 11.3 Å². The summed E-state index contributed by atoms with van der Waals surface area (Å²) in [5.74, 6) is 0.877. The van der Waals surface area contributed by atoms with E-state index in [1.807, 2.05) is 5.38 Å². The summed E-state index contributed by atoms with van der Waals surface area (Å²) in [5.41, 5.74) is 0.692. The molecule has 1 saturated heterocycles. The summed E-state index contributed by atoms with van der Waals surface area (Å²) in [7, 11) is -3.04. The molecule has 1 atom stereocenters. The first-order valence-corrected chi connectivity index (χ1v) is 12.8. The highest BCUT2D eigenvalue weighted by Crippen LogP contribution is 2.21. The summed E-state index contributed by atoms with van der Waals surface area (Å²) in [4.78, 5) is 19.1. The van der Waals surface area contributed by atoms with E-state index in [4.69, 9.17) is 16.3 Å². The van der Waals surface area contributed by atoms with Gasteiger partial charge in [0, 0.05) is 23.0 Å². The van der Waals surface area contributed by atoms with E-state index in [-0.39, 0.29) is 29.9 Å². The van der Waals surface area contributed by atoms with Crippen LogP contribution in [0.25, 0.3) is 0 Å². The number of rotatable bonds is 9. The number of hydrogen-bond acceptors (Lipinski definition) is 6. The molecule has 0 radical (unpaired) electrons. The largest absolute Gasteiger partial charge is 0.486 e. The predicted octanol–water partition coefficient (Wildman–Crippen LogP) is 3.73. The Morgan fingerprint density at radius 2 is 2.10 bits per heavy atom. The molecular weight excluding hydrogens is 432 g/mol. The third-order valence-corrected chi connectivity index (χ3v) is 7.70. The molecule has 6 nitrogen and oxygen atoms in total. The normalized spacial score (nSPS) is 17.9. The lowest BCUT2D eigenvalue weighted by Crippen LogP contribution is -2.42. The Morgan fingerprint density at radius 3 is 2.76 bits per heavy atom. The second-order valence-corrected chi connectivity index (χ2v) is 10.8. The lowest BCUT2D eigenvalue weighted by Gasteiger charge is -2.28. The molecule has 0 bridgehead atoms. The average molecular weight is 457 g/mol. The van der Waals surface area contributed by atoms with Gasteiger partial charge in [0.25, 0.3) is 0 Å². The molecule has 1 aromatic heterocycles. The van der Waals surface area contributed by atoms with Crippen LogP contribution in [-0.4, -0.2) is 48.3 Å². The molecule has 0 N–H and O–H groups in total. The van der Waals surface area contributed by atoms with Gasteiger partial charge in [0.2, 0.25) is 5.91 Å². The van der Waals surface area contributed by atoms with Gasteiger partial charge >= 0.3 is 0 Å². The van der Waals surface area contributed by atoms with Crippen molar-refractivity contribution in [2.45, 2.75) is 45.3 Å². The van der Waals surface area contributed by atoms with Crippen LogP contribution in [-0.2, 0) is 27.7 Å². The number of hydrogen-bond donors (Lipinski definition) is 0. The zero-order valence-electron chi connectivity index (χ0n) is 16.3. The van der Waals surface area contributed by atoms with Crippen LogP contribution in [0, 0.1) is 0 Å². The Balaban J connectivity index is 1.58. The zero-order valence-corrected chi connectivity index (χ0v) is 18.7. The highest BCUT2D eigenvalue weighted by Gasteiger charge is 2.34. The maximum Gasteiger partial charge on any atom is 0.228 e. The zero-order chi connectivity index (χ0) is 20.9. The minimum absolute atomic E-state index is 0.0592. The van der Waals surface area contributed by atoms with Crippen LogP contribution in [0.4, 0.5) is 0 Å². The number of benzene rings is 1. The van der Waals surface area contributed by atoms with Crippen molar-refractivity contribution >= 4 is 38.7 Å². The van der Waals surface area contributed by atoms with E-state index < -0.39 is 9.84 Å². The van der Waals surface area contributed by atoms with Crippen LogP contribution >= 0.6 is 22.9 Å². The first kappa shape index (κ1) is 22.1. The van der Waals surface area contributed by atoms with Crippen molar-refractivity contribution in [2.75, 3.05) is 18.1 Å². The number of thiazole rings is 1. The van der Waals surface area contributed by atoms with Crippen molar-refractivity contribution < 1.29 is 17.9 Å². The molecule has 1 aliphatic heterocycles. The SMILES string of the molecule is CCCCN(C(=O)Cc1csc(COc2ccc(Cl)cc2)n1)C1CCS(=O)(=O)C1. The lowest BCUT2D eigenvalue weighted by molar-refractivity contribution is -0.132. The molecule has 2 heterocycles. The van der Waals surface area contributed by atoms with E-state index in [9.17, 15) is 13.2 Å². The van der Waals surface area contributed by atoms with E-state index >= 15 is 0 Å². The number of sulfone groups is 1. The minimum Gasteiger partial charge on any atom is -0.486 e. The molecule has 1 fully saturated rings. The second-order valence-electron chi connectivity index (χ2n) is 7.15. The fraction of sp³-hybridized carbons (Fsp3) is 0.500. The van der Waals surface area contributed by atoms with E-state index in [0.29, 0.717) is 36.0 Å². The summed E-state index contributed by atoms with van der Waals surface area (Å²) in [6, 6.07) is 6.89. The Labute approximate surface area is 180 Å². The van der Waals surface area contributed by atoms with E-state index in [0.717, 1.165) is 17.8 Å². The molecule has 0 saturated carbocycles. The number of carbonyl (C=O) groups is 1. The maximum atomic E-state index is 12.9. The third-order valence-electron chi connectivity index (χ3n) is 4.83. The van der Waals surface area contributed by atoms with Crippen molar-refractivity contribution in [3.63, 3.8) is 0 Å². The Bertz CT molecular complexity index is 928. The summed E-state index contributed by atoms with van der Waals surface area (Å²) < 4.78 is 29.4. The standard InChI is InChI=1S/C20H25ClN2O4S2/c1-2-3-9-23(17-8-10-29(25,26)14-17)20(24)11-16-13-28-19(22-16)12-27-18-6-4-15(21)5-7-18/h4-7,13,17H,2-3,8-12,14H2,1H3. The van der Waals surface area contributed by atoms with Crippen LogP contribution in [0.2, 0.25) is 5.02 Å². The van der Waals surface area contributed by atoms with Gasteiger partial charge in [0.15, 0.2) is 9.84 Å². The van der Waals surface area contributed by atoms with Crippen LogP contribution in [0.3, 0.4) is 0 Å². The molecular formula is C20H25ClN2O4S2. The minimum atomic E-state index is -3.04. The molecule has 1 aromatic carbocycles. The molecule has 1 amide bonds. The van der Waals surface area contributed by atoms with Crippen LogP contribution in [0.5, 0.6) is 5.75 Å². The Morgan fingerprint density at radius 1 is 1.34 bits per heavy atom. The summed E-state index contributed by atoms with van der Waals surface area (Å²) in [5, 5.41) is 3.29. The van der Waals surface area contributed by atoms with Crippen molar-refractivity contribution in [1.29, 1.82) is 0 Å². The highest BCUT2D eigenvalue weighted by atomic mass is 35.5. The summed E-state index contributed by atoms with van der Waals surface area (Å²) >= 11 is 7.31. The molecule has 3 rings (SSSR count). The summed E-state index contributed by atoms with van der Waals surface area (Å²) in [6.45, 7) is 2.97. The number of aromatic nitrogens is 1. The van der Waals surface area contributed by atoms with Crippen molar-refractivity contribution in [3.05, 3.63) is 45.4 Å². The third kappa shape index (κ3) is 6.42. The molecule has 1 aliphatic rings. The van der Waals surface area contributed by atoms with Gasteiger partial charge in [0.05, 0.1) is 23.6 Å². The molecule has 9 heteroatoms. The van der Waals surface area contributed by atoms with Gasteiger partial charge in [-0.3, -0.25) is 4.79 Å². The quantitative estimate of drug-likeness (QED) is 0.574. The number of unbranched alkanes of at least 4 members (excludes halogenated alkanes) is 1. The average Bonchev–Trinajstić information content (AvgIpc) is 3.27. The van der Waals surface area contributed by atoms with Crippen molar-refractivity contribution in [2.24, 2.45) is 0 Å². The van der Waals surface area contributed by atoms with Crippen LogP contribution < -0.4 is 4.74 Å². The van der Waals surface area contributed by atoms with Crippen LogP contribution in [0.1, 0.15) is 36.9 Å². The van der Waals surface area contributed by atoms with E-state index in [2.05, 4.69) is 11.9 Å². The molecule has 0 aliphatic carbocycles. The number of amides is 1. The molecule has 1 unspecified atom stereocenters. The van der Waals surface area contributed by atoms with Crippen LogP contribution in [0.15, 0.2) is 29.6 Å². The second kappa shape index (κ2) is 9.91. The maximum absolute atomic E-state index is 12.9. The van der Waals surface area contributed by atoms with Crippen molar-refractivity contribution in [1.82, 2.24) is 9.88 Å². The van der Waals surface area contributed by atoms with Gasteiger partial charge in [-0.2, -0.15) is 0 Å². The molecule has 0 spiro atoms. The lowest BCUT2D eigenvalue weighted by atomic mass is 10.1. The van der Waals surface area contributed by atoms with Gasteiger partial charge in [-0.15, -0.1) is 11.3 Å². The van der Waals surface area contributed by atoms with Crippen molar-refractivity contribution in [3.8, 4) is 5.75 Å². The molecule has 158 valence electrons. The fourth-order valence-electron chi connectivity index (χ4n) is 3.29. The highest BCUT2D eigenvalue weighted by molar-refractivity contribution is 7.91. The van der Waals surface area contributed by atoms with Gasteiger partial charge in [-0.25, -0.2) is 13.4 Å². The number of carbonyl (C=O) groups excluding carboxylic acids is 1. The fourth-order valence-corrected chi connectivity index (χ4v) is 5.85. The van der Waals surface area contributed by atoms with Gasteiger partial charge in [0.1, 0.15) is 17.4 Å². The predicted molar refractivity (Wildman–Crippen MR) is 115 cm³/mol. The number of ether oxygens (including phenoxy) is 1. The first-order valence-electron chi connectivity index (χ1n) is 9.68. The van der Waals surface area contributed by atoms with Gasteiger partial charge < -0.3 is 9.64 Å². The van der Waals surface area contributed by atoms with Gasteiger partial charge in [-0.1, -0.05) is 24.9 Å². The number of nitrogens with zero attached hydrogens (tertiary/aromatic N) is 2. The Hall–Kier alpha value is -1.64. The Kier molecular flexibility index (Phi) is 7.54. The molecule has 2 aromatic rings. The monoisotopic (exact) mass is 456 g/mol. The van der Waals surface area contributed by atoms with Gasteiger partial charge in [-0.05, 0) is 37.1 Å². The first-order chi connectivity index (χ1) is 13.9. The molecule has 29 heavy (non-hydrogen) atoms. The smallest absolute Gasteiger partial charge is 0.228 e.